The van der Waals surface area contributed by atoms with Crippen LogP contribution in [-0.2, 0) is 0 Å². The van der Waals surface area contributed by atoms with E-state index in [4.69, 9.17) is 16.7 Å². The minimum absolute atomic E-state index is 0.0540. The van der Waals surface area contributed by atoms with Crippen molar-refractivity contribution in [1.29, 1.82) is 0 Å². The van der Waals surface area contributed by atoms with Crippen molar-refractivity contribution < 1.29 is 5.11 Å². The lowest BCUT2D eigenvalue weighted by Crippen LogP contribution is -2.21. The van der Waals surface area contributed by atoms with Crippen LogP contribution in [0.15, 0.2) is 0 Å². The average molecular weight is 137 g/mol. The highest BCUT2D eigenvalue weighted by Gasteiger charge is 2.18. The Bertz CT molecular complexity index is 51.3. The van der Waals surface area contributed by atoms with E-state index in [1.165, 1.54) is 0 Å². The molecule has 0 aromatic heterocycles. The average Bonchev–Trinajstić information content (AvgIpc) is 1.87. The number of halogens is 1. The van der Waals surface area contributed by atoms with Gasteiger partial charge in [0.05, 0.1) is 0 Å². The van der Waals surface area contributed by atoms with Gasteiger partial charge in [0.1, 0.15) is 0 Å². The predicted octanol–water partition coefficient (Wildman–Crippen LogP) is 1.63. The summed E-state index contributed by atoms with van der Waals surface area (Å²) in [5.74, 6) is 0.542. The molecule has 0 heterocycles. The fourth-order valence-corrected chi connectivity index (χ4v) is 0.522. The molecule has 0 radical (unpaired) electrons. The third kappa shape index (κ3) is 2.01. The van der Waals surface area contributed by atoms with E-state index in [1.807, 2.05) is 13.8 Å². The zero-order chi connectivity index (χ0) is 6.62. The summed E-state index contributed by atoms with van der Waals surface area (Å²) >= 11 is 5.55. The van der Waals surface area contributed by atoms with E-state index in [-0.39, 0.29) is 12.0 Å². The van der Waals surface area contributed by atoms with Crippen LogP contribution in [0.3, 0.4) is 0 Å². The van der Waals surface area contributed by atoms with Crippen LogP contribution in [0.25, 0.3) is 0 Å². The maximum absolute atomic E-state index is 8.70. The molecule has 1 N–H and O–H groups in total. The minimum Gasteiger partial charge on any atom is -0.396 e. The number of alkyl halides is 1. The monoisotopic (exact) mass is 136 g/mol. The Hall–Kier alpha value is 0.250. The number of aliphatic hydroxyl groups is 1. The zero-order valence-corrected chi connectivity index (χ0v) is 6.20. The molecule has 2 heteroatoms. The third-order valence-electron chi connectivity index (χ3n) is 1.56. The number of hydrogen-bond acceptors (Lipinski definition) is 1. The molecule has 0 bridgehead atoms. The van der Waals surface area contributed by atoms with Crippen LogP contribution < -0.4 is 0 Å². The smallest absolute Gasteiger partial charge is 0.0496 e. The van der Waals surface area contributed by atoms with E-state index in [1.54, 1.807) is 0 Å². The highest BCUT2D eigenvalue weighted by atomic mass is 35.5. The molecule has 1 atom stereocenters. The number of rotatable bonds is 3. The first-order valence-electron chi connectivity index (χ1n) is 2.85. The van der Waals surface area contributed by atoms with Gasteiger partial charge in [-0.3, -0.25) is 0 Å². The van der Waals surface area contributed by atoms with Crippen LogP contribution in [0.4, 0.5) is 0 Å². The summed E-state index contributed by atoms with van der Waals surface area (Å²) in [6.45, 7) is 4.19. The minimum atomic E-state index is -0.0540. The first-order valence-corrected chi connectivity index (χ1v) is 3.39. The summed E-state index contributed by atoms with van der Waals surface area (Å²) in [5.41, 5.74) is -0.0540. The van der Waals surface area contributed by atoms with E-state index in [9.17, 15) is 0 Å². The summed E-state index contributed by atoms with van der Waals surface area (Å²) in [6, 6.07) is 0. The number of aliphatic hydroxyl groups excluding tert-OH is 1. The summed E-state index contributed by atoms with van der Waals surface area (Å²) < 4.78 is 0. The van der Waals surface area contributed by atoms with Gasteiger partial charge in [-0.15, -0.1) is 11.6 Å². The van der Waals surface area contributed by atoms with Crippen molar-refractivity contribution in [3.8, 4) is 0 Å². The normalized spacial score (nSPS) is 18.0. The molecule has 0 aliphatic heterocycles. The Morgan fingerprint density at radius 1 is 1.62 bits per heavy atom. The van der Waals surface area contributed by atoms with Gasteiger partial charge in [0, 0.05) is 17.9 Å². The van der Waals surface area contributed by atoms with Gasteiger partial charge in [-0.1, -0.05) is 13.8 Å². The first-order chi connectivity index (χ1) is 3.68. The van der Waals surface area contributed by atoms with Gasteiger partial charge in [-0.05, 0) is 6.42 Å². The lowest BCUT2D eigenvalue weighted by Gasteiger charge is -2.21. The van der Waals surface area contributed by atoms with Crippen molar-refractivity contribution >= 4 is 11.6 Å². The van der Waals surface area contributed by atoms with E-state index in [0.717, 1.165) is 6.42 Å². The first kappa shape index (κ1) is 8.25. The van der Waals surface area contributed by atoms with Gasteiger partial charge >= 0.3 is 0 Å². The van der Waals surface area contributed by atoms with Gasteiger partial charge in [-0.2, -0.15) is 0 Å². The summed E-state index contributed by atoms with van der Waals surface area (Å²) in [7, 11) is 0. The molecule has 0 amide bonds. The molecule has 0 spiro atoms. The fourth-order valence-electron chi connectivity index (χ4n) is 0.249. The SMILES string of the molecule is CCC(C)(CO)CCl. The molecular formula is C6H13ClO. The van der Waals surface area contributed by atoms with Gasteiger partial charge in [-0.25, -0.2) is 0 Å². The molecule has 0 saturated carbocycles. The van der Waals surface area contributed by atoms with E-state index in [2.05, 4.69) is 0 Å². The van der Waals surface area contributed by atoms with E-state index >= 15 is 0 Å². The zero-order valence-electron chi connectivity index (χ0n) is 5.45. The van der Waals surface area contributed by atoms with Crippen molar-refractivity contribution in [2.75, 3.05) is 12.5 Å². The Morgan fingerprint density at radius 3 is 2.12 bits per heavy atom. The van der Waals surface area contributed by atoms with E-state index < -0.39 is 0 Å². The largest absolute Gasteiger partial charge is 0.396 e. The molecule has 0 aliphatic rings. The topological polar surface area (TPSA) is 20.2 Å². The van der Waals surface area contributed by atoms with Gasteiger partial charge in [0.2, 0.25) is 0 Å². The summed E-state index contributed by atoms with van der Waals surface area (Å²) in [6.07, 6.45) is 0.938. The van der Waals surface area contributed by atoms with Crippen molar-refractivity contribution in [2.45, 2.75) is 20.3 Å². The lowest BCUT2D eigenvalue weighted by molar-refractivity contribution is 0.159. The summed E-state index contributed by atoms with van der Waals surface area (Å²) in [5, 5.41) is 8.70. The van der Waals surface area contributed by atoms with Crippen LogP contribution in [0.1, 0.15) is 20.3 Å². The fraction of sp³-hybridized carbons (Fsp3) is 1.00. The van der Waals surface area contributed by atoms with Crippen LogP contribution in [-0.4, -0.2) is 17.6 Å². The summed E-state index contributed by atoms with van der Waals surface area (Å²) in [4.78, 5) is 0. The van der Waals surface area contributed by atoms with Gasteiger partial charge in [0.25, 0.3) is 0 Å². The second kappa shape index (κ2) is 3.31. The Labute approximate surface area is 55.7 Å². The van der Waals surface area contributed by atoms with Crippen molar-refractivity contribution in [3.63, 3.8) is 0 Å². The Morgan fingerprint density at radius 2 is 2.12 bits per heavy atom. The van der Waals surface area contributed by atoms with Crippen molar-refractivity contribution in [3.05, 3.63) is 0 Å². The Balaban J connectivity index is 3.58. The molecular weight excluding hydrogens is 124 g/mol. The second-order valence-corrected chi connectivity index (χ2v) is 2.72. The molecule has 0 saturated heterocycles. The molecule has 0 rings (SSSR count). The maximum Gasteiger partial charge on any atom is 0.0496 e. The van der Waals surface area contributed by atoms with E-state index in [0.29, 0.717) is 5.88 Å². The molecule has 0 aromatic carbocycles. The standard InChI is InChI=1S/C6H13ClO/c1-3-6(2,4-7)5-8/h8H,3-5H2,1-2H3. The molecule has 50 valence electrons. The van der Waals surface area contributed by atoms with Gasteiger partial charge < -0.3 is 5.11 Å². The van der Waals surface area contributed by atoms with Crippen LogP contribution in [0.2, 0.25) is 0 Å². The lowest BCUT2D eigenvalue weighted by atomic mass is 9.92. The molecule has 8 heavy (non-hydrogen) atoms. The highest BCUT2D eigenvalue weighted by molar-refractivity contribution is 6.18. The molecule has 1 unspecified atom stereocenters. The molecule has 0 fully saturated rings. The number of hydrogen-bond donors (Lipinski definition) is 1. The predicted molar refractivity (Wildman–Crippen MR) is 36.2 cm³/mol. The molecule has 0 aromatic rings. The van der Waals surface area contributed by atoms with Crippen LogP contribution in [0.5, 0.6) is 0 Å². The quantitative estimate of drug-likeness (QED) is 0.585. The molecule has 1 nitrogen and oxygen atoms in total. The highest BCUT2D eigenvalue weighted by Crippen LogP contribution is 2.20. The Kier molecular flexibility index (Phi) is 3.41. The third-order valence-corrected chi connectivity index (χ3v) is 2.20. The van der Waals surface area contributed by atoms with Crippen molar-refractivity contribution in [1.82, 2.24) is 0 Å². The van der Waals surface area contributed by atoms with Crippen LogP contribution >= 0.6 is 11.6 Å². The maximum atomic E-state index is 8.70. The van der Waals surface area contributed by atoms with Crippen LogP contribution in [0, 0.1) is 5.41 Å². The van der Waals surface area contributed by atoms with Gasteiger partial charge in [0.15, 0.2) is 0 Å². The second-order valence-electron chi connectivity index (χ2n) is 2.46. The molecule has 0 aliphatic carbocycles. The van der Waals surface area contributed by atoms with Crippen molar-refractivity contribution in [2.24, 2.45) is 5.41 Å².